The molecule has 0 saturated carbocycles. The van der Waals surface area contributed by atoms with Crippen molar-refractivity contribution < 1.29 is 4.79 Å². The van der Waals surface area contributed by atoms with Gasteiger partial charge in [-0.1, -0.05) is 6.07 Å². The zero-order valence-corrected chi connectivity index (χ0v) is 14.5. The number of hydrogen-bond donors (Lipinski definition) is 1. The number of carbonyl (C=O) groups excluding carboxylic acids is 1. The lowest BCUT2D eigenvalue weighted by Gasteiger charge is -2.35. The highest BCUT2D eigenvalue weighted by atomic mass is 32.2. The van der Waals surface area contributed by atoms with Crippen LogP contribution in [0.5, 0.6) is 0 Å². The lowest BCUT2D eigenvalue weighted by Crippen LogP contribution is -2.43. The number of thiophene rings is 1. The summed E-state index contributed by atoms with van der Waals surface area (Å²) in [5.41, 5.74) is 0. The number of nitrogens with one attached hydrogen (secondary N) is 1. The first kappa shape index (κ1) is 16.1. The van der Waals surface area contributed by atoms with Crippen molar-refractivity contribution in [3.8, 4) is 0 Å². The third kappa shape index (κ3) is 4.61. The third-order valence-electron chi connectivity index (χ3n) is 4.58. The van der Waals surface area contributed by atoms with Crippen LogP contribution in [0.4, 0.5) is 0 Å². The molecule has 0 spiro atoms. The summed E-state index contributed by atoms with van der Waals surface area (Å²) < 4.78 is 0. The number of rotatable bonds is 5. The molecule has 0 aliphatic carbocycles. The molecule has 120 valence electrons. The van der Waals surface area contributed by atoms with Crippen LogP contribution in [0.2, 0.25) is 0 Å². The van der Waals surface area contributed by atoms with E-state index in [0.717, 1.165) is 17.5 Å². The highest BCUT2D eigenvalue weighted by Crippen LogP contribution is 2.26. The molecule has 1 aromatic rings. The van der Waals surface area contributed by atoms with Crippen LogP contribution < -0.4 is 5.32 Å². The second-order valence-corrected chi connectivity index (χ2v) is 8.22. The summed E-state index contributed by atoms with van der Waals surface area (Å²) in [6.45, 7) is 3.23. The molecule has 1 amide bonds. The Hall–Kier alpha value is -0.780. The van der Waals surface area contributed by atoms with Gasteiger partial charge in [0, 0.05) is 29.3 Å². The Labute approximate surface area is 141 Å². The number of likely N-dealkylation sites (tertiary alicyclic amines) is 1. The van der Waals surface area contributed by atoms with E-state index in [4.69, 9.17) is 0 Å². The van der Waals surface area contributed by atoms with Crippen molar-refractivity contribution in [3.63, 3.8) is 0 Å². The smallest absolute Gasteiger partial charge is 0.244 e. The SMILES string of the molecule is O=C(/C=C/c1cccs1)NCC1CCN(C2CCSC2)CC1. The van der Waals surface area contributed by atoms with E-state index in [0.29, 0.717) is 5.92 Å². The summed E-state index contributed by atoms with van der Waals surface area (Å²) in [7, 11) is 0. The van der Waals surface area contributed by atoms with Gasteiger partial charge in [0.15, 0.2) is 0 Å². The lowest BCUT2D eigenvalue weighted by atomic mass is 9.95. The minimum absolute atomic E-state index is 0.0306. The van der Waals surface area contributed by atoms with Crippen LogP contribution in [-0.2, 0) is 4.79 Å². The van der Waals surface area contributed by atoms with Crippen LogP contribution >= 0.6 is 23.1 Å². The molecule has 22 heavy (non-hydrogen) atoms. The summed E-state index contributed by atoms with van der Waals surface area (Å²) in [5, 5.41) is 5.08. The molecule has 3 heterocycles. The minimum atomic E-state index is 0.0306. The van der Waals surface area contributed by atoms with E-state index in [2.05, 4.69) is 22.0 Å². The molecular formula is C17H24N2OS2. The predicted octanol–water partition coefficient (Wildman–Crippen LogP) is 3.10. The van der Waals surface area contributed by atoms with Gasteiger partial charge in [0.2, 0.25) is 5.91 Å². The lowest BCUT2D eigenvalue weighted by molar-refractivity contribution is -0.116. The van der Waals surface area contributed by atoms with Gasteiger partial charge in [-0.2, -0.15) is 11.8 Å². The van der Waals surface area contributed by atoms with Crippen LogP contribution in [0, 0.1) is 5.92 Å². The van der Waals surface area contributed by atoms with Crippen LogP contribution in [0.25, 0.3) is 6.08 Å². The second kappa shape index (κ2) is 8.18. The van der Waals surface area contributed by atoms with E-state index < -0.39 is 0 Å². The molecule has 2 fully saturated rings. The Morgan fingerprint density at radius 3 is 2.91 bits per heavy atom. The van der Waals surface area contributed by atoms with Gasteiger partial charge in [-0.15, -0.1) is 11.3 Å². The predicted molar refractivity (Wildman–Crippen MR) is 96.4 cm³/mol. The van der Waals surface area contributed by atoms with Crippen molar-refractivity contribution in [1.29, 1.82) is 0 Å². The summed E-state index contributed by atoms with van der Waals surface area (Å²) in [6, 6.07) is 4.83. The largest absolute Gasteiger partial charge is 0.352 e. The van der Waals surface area contributed by atoms with Gasteiger partial charge >= 0.3 is 0 Å². The molecule has 0 aromatic carbocycles. The molecule has 0 bridgehead atoms. The van der Waals surface area contributed by atoms with E-state index in [1.165, 1.54) is 43.9 Å². The van der Waals surface area contributed by atoms with Crippen molar-refractivity contribution in [2.24, 2.45) is 5.92 Å². The monoisotopic (exact) mass is 336 g/mol. The summed E-state index contributed by atoms with van der Waals surface area (Å²) in [4.78, 5) is 15.6. The molecule has 1 atom stereocenters. The average molecular weight is 337 g/mol. The summed E-state index contributed by atoms with van der Waals surface area (Å²) in [6.07, 6.45) is 7.34. The number of amides is 1. The van der Waals surface area contributed by atoms with Crippen molar-refractivity contribution >= 4 is 35.1 Å². The second-order valence-electron chi connectivity index (χ2n) is 6.09. The number of thioether (sulfide) groups is 1. The van der Waals surface area contributed by atoms with Gasteiger partial charge in [0.1, 0.15) is 0 Å². The highest BCUT2D eigenvalue weighted by Gasteiger charge is 2.27. The van der Waals surface area contributed by atoms with E-state index in [9.17, 15) is 4.79 Å². The maximum absolute atomic E-state index is 11.8. The fourth-order valence-corrected chi connectivity index (χ4v) is 5.05. The molecule has 1 aromatic heterocycles. The maximum Gasteiger partial charge on any atom is 0.244 e. The van der Waals surface area contributed by atoms with Crippen molar-refractivity contribution in [1.82, 2.24) is 10.2 Å². The topological polar surface area (TPSA) is 32.3 Å². The number of piperidine rings is 1. The van der Waals surface area contributed by atoms with Crippen LogP contribution in [-0.4, -0.2) is 48.0 Å². The first-order valence-electron chi connectivity index (χ1n) is 8.12. The van der Waals surface area contributed by atoms with Crippen molar-refractivity contribution in [3.05, 3.63) is 28.5 Å². The molecular weight excluding hydrogens is 312 g/mol. The van der Waals surface area contributed by atoms with Crippen LogP contribution in [0.3, 0.4) is 0 Å². The quantitative estimate of drug-likeness (QED) is 0.839. The van der Waals surface area contributed by atoms with Gasteiger partial charge in [0.05, 0.1) is 0 Å². The Kier molecular flexibility index (Phi) is 5.98. The highest BCUT2D eigenvalue weighted by molar-refractivity contribution is 7.99. The molecule has 2 aliphatic heterocycles. The van der Waals surface area contributed by atoms with Crippen molar-refractivity contribution in [2.75, 3.05) is 31.1 Å². The molecule has 3 rings (SSSR count). The molecule has 2 saturated heterocycles. The number of nitrogens with zero attached hydrogens (tertiary/aromatic N) is 1. The standard InChI is InChI=1S/C17H24N2OS2/c20-17(4-3-16-2-1-10-22-16)18-12-14-5-8-19(9-6-14)15-7-11-21-13-15/h1-4,10,14-15H,5-9,11-13H2,(H,18,20)/b4-3+. The fourth-order valence-electron chi connectivity index (χ4n) is 3.18. The Balaban J connectivity index is 1.35. The molecule has 5 heteroatoms. The summed E-state index contributed by atoms with van der Waals surface area (Å²) >= 11 is 3.74. The molecule has 2 aliphatic rings. The van der Waals surface area contributed by atoms with Crippen LogP contribution in [0.1, 0.15) is 24.1 Å². The number of hydrogen-bond acceptors (Lipinski definition) is 4. The fraction of sp³-hybridized carbons (Fsp3) is 0.588. The zero-order chi connectivity index (χ0) is 15.2. The van der Waals surface area contributed by atoms with Gasteiger partial charge in [-0.3, -0.25) is 9.69 Å². The van der Waals surface area contributed by atoms with Gasteiger partial charge < -0.3 is 5.32 Å². The number of carbonyl (C=O) groups is 1. The van der Waals surface area contributed by atoms with Crippen molar-refractivity contribution in [2.45, 2.75) is 25.3 Å². The minimum Gasteiger partial charge on any atom is -0.352 e. The third-order valence-corrected chi connectivity index (χ3v) is 6.56. The normalized spacial score (nSPS) is 24.1. The first-order chi connectivity index (χ1) is 10.8. The Morgan fingerprint density at radius 2 is 2.23 bits per heavy atom. The zero-order valence-electron chi connectivity index (χ0n) is 12.9. The Morgan fingerprint density at radius 1 is 1.36 bits per heavy atom. The molecule has 1 N–H and O–H groups in total. The van der Waals surface area contributed by atoms with E-state index in [1.807, 2.05) is 23.6 Å². The van der Waals surface area contributed by atoms with Gasteiger partial charge in [0.25, 0.3) is 0 Å². The molecule has 1 unspecified atom stereocenters. The summed E-state index contributed by atoms with van der Waals surface area (Å²) in [5.74, 6) is 3.32. The van der Waals surface area contributed by atoms with Crippen LogP contribution in [0.15, 0.2) is 23.6 Å². The maximum atomic E-state index is 11.8. The van der Waals surface area contributed by atoms with Gasteiger partial charge in [-0.25, -0.2) is 0 Å². The molecule has 3 nitrogen and oxygen atoms in total. The average Bonchev–Trinajstić information content (AvgIpc) is 3.24. The molecule has 0 radical (unpaired) electrons. The Bertz CT molecular complexity index is 487. The van der Waals surface area contributed by atoms with Gasteiger partial charge in [-0.05, 0) is 61.5 Å². The van der Waals surface area contributed by atoms with E-state index in [-0.39, 0.29) is 5.91 Å². The van der Waals surface area contributed by atoms with E-state index in [1.54, 1.807) is 17.4 Å². The van der Waals surface area contributed by atoms with E-state index >= 15 is 0 Å². The first-order valence-corrected chi connectivity index (χ1v) is 10.2.